The predicted octanol–water partition coefficient (Wildman–Crippen LogP) is 0.891. The highest BCUT2D eigenvalue weighted by Gasteiger charge is 2.27. The van der Waals surface area contributed by atoms with Crippen molar-refractivity contribution in [3.8, 4) is 0 Å². The second kappa shape index (κ2) is 8.36. The van der Waals surface area contributed by atoms with Crippen LogP contribution in [0.25, 0.3) is 0 Å². The van der Waals surface area contributed by atoms with Gasteiger partial charge in [-0.05, 0) is 12.2 Å². The molecule has 1 rings (SSSR count). The van der Waals surface area contributed by atoms with Crippen LogP contribution >= 0.6 is 23.5 Å². The minimum atomic E-state index is -0.368. The fraction of sp³-hybridized carbons (Fsp3) is 0.900. The summed E-state index contributed by atoms with van der Waals surface area (Å²) in [5.74, 6) is 1.74. The lowest BCUT2D eigenvalue weighted by Crippen LogP contribution is -2.36. The molecule has 0 radical (unpaired) electrons. The molecule has 0 spiro atoms. The van der Waals surface area contributed by atoms with Crippen molar-refractivity contribution in [2.45, 2.75) is 36.9 Å². The average Bonchev–Trinajstić information content (AvgIpc) is 2.28. The lowest BCUT2D eigenvalue weighted by Gasteiger charge is -2.31. The molecule has 0 saturated carbocycles. The van der Waals surface area contributed by atoms with Gasteiger partial charge >= 0.3 is 0 Å². The van der Waals surface area contributed by atoms with E-state index in [9.17, 15) is 9.90 Å². The van der Waals surface area contributed by atoms with Crippen LogP contribution in [0.4, 0.5) is 0 Å². The maximum atomic E-state index is 10.1. The molecule has 1 saturated heterocycles. The quantitative estimate of drug-likeness (QED) is 0.527. The van der Waals surface area contributed by atoms with Gasteiger partial charge in [-0.2, -0.15) is 0 Å². The first-order valence-corrected chi connectivity index (χ1v) is 7.47. The van der Waals surface area contributed by atoms with Crippen LogP contribution in [0.3, 0.4) is 0 Å². The summed E-state index contributed by atoms with van der Waals surface area (Å²) in [6, 6.07) is 0. The fourth-order valence-corrected chi connectivity index (χ4v) is 3.34. The van der Waals surface area contributed by atoms with Crippen LogP contribution in [-0.4, -0.2) is 51.6 Å². The Bertz CT molecular complexity index is 203. The Morgan fingerprint density at radius 1 is 1.38 bits per heavy atom. The Hall–Kier alpha value is 0.250. The van der Waals surface area contributed by atoms with Crippen molar-refractivity contribution < 1.29 is 19.7 Å². The smallest absolute Gasteiger partial charge is 0.176 e. The minimum Gasteiger partial charge on any atom is -0.394 e. The van der Waals surface area contributed by atoms with Gasteiger partial charge in [-0.25, -0.2) is 0 Å². The third kappa shape index (κ3) is 5.54. The summed E-state index contributed by atoms with van der Waals surface area (Å²) in [4.78, 5) is 10.1. The molecule has 2 N–H and O–H groups in total. The zero-order valence-electron chi connectivity index (χ0n) is 9.08. The van der Waals surface area contributed by atoms with Crippen LogP contribution in [0.1, 0.15) is 19.3 Å². The Kier molecular flexibility index (Phi) is 7.47. The molecule has 1 aliphatic heterocycles. The van der Waals surface area contributed by atoms with Gasteiger partial charge in [0.15, 0.2) is 5.62 Å². The Morgan fingerprint density at radius 3 is 2.88 bits per heavy atom. The summed E-state index contributed by atoms with van der Waals surface area (Å²) in [6.45, 7) is -0.0326. The molecule has 1 fully saturated rings. The summed E-state index contributed by atoms with van der Waals surface area (Å²) < 4.78 is 5.59. The highest BCUT2D eigenvalue weighted by Crippen LogP contribution is 2.27. The fourth-order valence-electron chi connectivity index (χ4n) is 1.58. The summed E-state index contributed by atoms with van der Waals surface area (Å²) in [7, 11) is 0. The van der Waals surface area contributed by atoms with E-state index >= 15 is 0 Å². The van der Waals surface area contributed by atoms with Gasteiger partial charge in [0.25, 0.3) is 0 Å². The molecule has 1 heterocycles. The van der Waals surface area contributed by atoms with Crippen LogP contribution in [0.2, 0.25) is 0 Å². The molecule has 0 aromatic rings. The summed E-state index contributed by atoms with van der Waals surface area (Å²) in [5.41, 5.74) is 0.829. The van der Waals surface area contributed by atoms with Crippen molar-refractivity contribution in [1.82, 2.24) is 0 Å². The molecule has 0 aromatic heterocycles. The summed E-state index contributed by atoms with van der Waals surface area (Å²) in [5, 5.41) is 18.5. The van der Waals surface area contributed by atoms with Gasteiger partial charge in [0, 0.05) is 18.6 Å². The van der Waals surface area contributed by atoms with Crippen molar-refractivity contribution in [2.75, 3.05) is 18.1 Å². The molecule has 94 valence electrons. The SMILES string of the molecule is O=CSCCCSC1CC(O)CC(CO)O1. The van der Waals surface area contributed by atoms with Crippen LogP contribution in [0.15, 0.2) is 0 Å². The number of thioether (sulfide) groups is 2. The number of carbonyl (C=O) groups is 1. The zero-order valence-corrected chi connectivity index (χ0v) is 10.7. The van der Waals surface area contributed by atoms with Gasteiger partial charge < -0.3 is 14.9 Å². The van der Waals surface area contributed by atoms with E-state index in [4.69, 9.17) is 9.84 Å². The van der Waals surface area contributed by atoms with Crippen LogP contribution < -0.4 is 0 Å². The van der Waals surface area contributed by atoms with Crippen molar-refractivity contribution >= 4 is 29.1 Å². The second-order valence-corrected chi connectivity index (χ2v) is 5.89. The first kappa shape index (κ1) is 14.3. The molecule has 16 heavy (non-hydrogen) atoms. The van der Waals surface area contributed by atoms with Crippen LogP contribution in [0.5, 0.6) is 0 Å². The van der Waals surface area contributed by atoms with Crippen LogP contribution in [-0.2, 0) is 9.53 Å². The van der Waals surface area contributed by atoms with Gasteiger partial charge in [0.1, 0.15) is 5.44 Å². The van der Waals surface area contributed by atoms with Gasteiger partial charge in [0.05, 0.1) is 18.8 Å². The maximum Gasteiger partial charge on any atom is 0.176 e. The van der Waals surface area contributed by atoms with E-state index in [0.29, 0.717) is 12.8 Å². The molecule has 0 amide bonds. The topological polar surface area (TPSA) is 66.8 Å². The average molecular weight is 266 g/mol. The monoisotopic (exact) mass is 266 g/mol. The molecule has 3 unspecified atom stereocenters. The standard InChI is InChI=1S/C10H18O4S2/c11-6-9-4-8(13)5-10(14-9)16-3-1-2-15-7-12/h7-11,13H,1-6H2. The van der Waals surface area contributed by atoms with Gasteiger partial charge in [-0.1, -0.05) is 11.8 Å². The number of rotatable bonds is 7. The number of carbonyl (C=O) groups excluding carboxylic acids is 1. The Morgan fingerprint density at radius 2 is 2.19 bits per heavy atom. The molecular weight excluding hydrogens is 248 g/mol. The lowest BCUT2D eigenvalue weighted by molar-refractivity contribution is -0.0783. The highest BCUT2D eigenvalue weighted by molar-refractivity contribution is 8.11. The van der Waals surface area contributed by atoms with E-state index in [2.05, 4.69) is 0 Å². The minimum absolute atomic E-state index is 0.0258. The van der Waals surface area contributed by atoms with Gasteiger partial charge in [-0.15, -0.1) is 11.8 Å². The number of hydrogen-bond donors (Lipinski definition) is 2. The Balaban J connectivity index is 2.13. The molecule has 1 aliphatic rings. The van der Waals surface area contributed by atoms with E-state index < -0.39 is 0 Å². The van der Waals surface area contributed by atoms with Crippen molar-refractivity contribution in [2.24, 2.45) is 0 Å². The first-order valence-electron chi connectivity index (χ1n) is 5.37. The molecule has 3 atom stereocenters. The molecule has 0 aliphatic carbocycles. The largest absolute Gasteiger partial charge is 0.394 e. The van der Waals surface area contributed by atoms with Crippen molar-refractivity contribution in [1.29, 1.82) is 0 Å². The third-order valence-corrected chi connectivity index (χ3v) is 4.19. The Labute approximate surface area is 104 Å². The van der Waals surface area contributed by atoms with Crippen LogP contribution in [0, 0.1) is 0 Å². The maximum absolute atomic E-state index is 10.1. The van der Waals surface area contributed by atoms with Gasteiger partial charge in [-0.3, -0.25) is 4.79 Å². The molecule has 6 heteroatoms. The van der Waals surface area contributed by atoms with E-state index in [-0.39, 0.29) is 24.3 Å². The number of ether oxygens (including phenoxy) is 1. The molecule has 4 nitrogen and oxygen atoms in total. The number of hydrogen-bond acceptors (Lipinski definition) is 6. The normalized spacial score (nSPS) is 30.2. The summed E-state index contributed by atoms with van der Waals surface area (Å²) in [6.07, 6.45) is 1.50. The molecule has 0 bridgehead atoms. The predicted molar refractivity (Wildman–Crippen MR) is 67.3 cm³/mol. The first-order chi connectivity index (χ1) is 7.76. The van der Waals surface area contributed by atoms with Gasteiger partial charge in [0.2, 0.25) is 0 Å². The highest BCUT2D eigenvalue weighted by atomic mass is 32.2. The van der Waals surface area contributed by atoms with E-state index in [1.54, 1.807) is 11.8 Å². The number of aliphatic hydroxyl groups excluding tert-OH is 2. The number of aliphatic hydroxyl groups is 2. The van der Waals surface area contributed by atoms with E-state index in [1.807, 2.05) is 0 Å². The zero-order chi connectivity index (χ0) is 11.8. The molecule has 0 aromatic carbocycles. The summed E-state index contributed by atoms with van der Waals surface area (Å²) >= 11 is 2.92. The third-order valence-electron chi connectivity index (χ3n) is 2.33. The molecular formula is C10H18O4S2. The van der Waals surface area contributed by atoms with E-state index in [0.717, 1.165) is 23.5 Å². The van der Waals surface area contributed by atoms with Crippen molar-refractivity contribution in [3.63, 3.8) is 0 Å². The lowest BCUT2D eigenvalue weighted by atomic mass is 10.1. The second-order valence-electron chi connectivity index (χ2n) is 3.69. The van der Waals surface area contributed by atoms with E-state index in [1.165, 1.54) is 11.8 Å². The van der Waals surface area contributed by atoms with Crippen molar-refractivity contribution in [3.05, 3.63) is 0 Å².